The molecule has 0 spiro atoms. The standard InChI is InChI=1S/C16H15BrN4O/c1-22-12-4-2-10(3-5-12)8-19-13-6-11(17)7-14-15(13)16(18)21-9-20-14/h2-7,9,19H,8H2,1H3,(H2,18,20,21). The van der Waals surface area contributed by atoms with Crippen molar-refractivity contribution in [3.8, 4) is 5.75 Å². The summed E-state index contributed by atoms with van der Waals surface area (Å²) in [6, 6.07) is 11.8. The van der Waals surface area contributed by atoms with E-state index < -0.39 is 0 Å². The van der Waals surface area contributed by atoms with Gasteiger partial charge >= 0.3 is 0 Å². The molecule has 0 unspecified atom stereocenters. The van der Waals surface area contributed by atoms with Gasteiger partial charge in [0, 0.05) is 16.7 Å². The maximum absolute atomic E-state index is 5.99. The Labute approximate surface area is 136 Å². The zero-order valence-corrected chi connectivity index (χ0v) is 13.6. The molecule has 0 aliphatic rings. The van der Waals surface area contributed by atoms with Gasteiger partial charge in [-0.2, -0.15) is 0 Å². The molecule has 112 valence electrons. The van der Waals surface area contributed by atoms with E-state index in [4.69, 9.17) is 10.5 Å². The highest BCUT2D eigenvalue weighted by Crippen LogP contribution is 2.30. The van der Waals surface area contributed by atoms with Gasteiger partial charge in [0.05, 0.1) is 18.0 Å². The van der Waals surface area contributed by atoms with Gasteiger partial charge in [-0.25, -0.2) is 9.97 Å². The molecule has 22 heavy (non-hydrogen) atoms. The quantitative estimate of drug-likeness (QED) is 0.745. The van der Waals surface area contributed by atoms with E-state index in [0.717, 1.165) is 32.4 Å². The minimum atomic E-state index is 0.467. The number of benzene rings is 2. The van der Waals surface area contributed by atoms with Crippen LogP contribution in [0.25, 0.3) is 10.9 Å². The molecular formula is C16H15BrN4O. The Balaban J connectivity index is 1.89. The summed E-state index contributed by atoms with van der Waals surface area (Å²) in [6.45, 7) is 0.671. The Morgan fingerprint density at radius 2 is 1.95 bits per heavy atom. The van der Waals surface area contributed by atoms with Crippen LogP contribution in [-0.2, 0) is 6.54 Å². The number of halogens is 1. The molecule has 2 aromatic carbocycles. The van der Waals surface area contributed by atoms with E-state index in [2.05, 4.69) is 31.2 Å². The molecule has 0 saturated carbocycles. The molecule has 0 amide bonds. The van der Waals surface area contributed by atoms with Gasteiger partial charge in [-0.15, -0.1) is 0 Å². The fraction of sp³-hybridized carbons (Fsp3) is 0.125. The van der Waals surface area contributed by atoms with Gasteiger partial charge in [0.25, 0.3) is 0 Å². The first-order valence-corrected chi connectivity index (χ1v) is 7.53. The summed E-state index contributed by atoms with van der Waals surface area (Å²) < 4.78 is 6.10. The number of ether oxygens (including phenoxy) is 1. The first kappa shape index (κ1) is 14.6. The van der Waals surface area contributed by atoms with Crippen LogP contribution >= 0.6 is 15.9 Å². The Morgan fingerprint density at radius 1 is 1.18 bits per heavy atom. The highest BCUT2D eigenvalue weighted by molar-refractivity contribution is 9.10. The highest BCUT2D eigenvalue weighted by Gasteiger charge is 2.08. The van der Waals surface area contributed by atoms with Crippen molar-refractivity contribution >= 4 is 38.3 Å². The summed E-state index contributed by atoms with van der Waals surface area (Å²) >= 11 is 3.50. The van der Waals surface area contributed by atoms with Crippen LogP contribution < -0.4 is 15.8 Å². The fourth-order valence-electron chi connectivity index (χ4n) is 2.26. The van der Waals surface area contributed by atoms with Gasteiger partial charge in [-0.1, -0.05) is 28.1 Å². The largest absolute Gasteiger partial charge is 0.497 e. The molecule has 5 nitrogen and oxygen atoms in total. The van der Waals surface area contributed by atoms with Crippen LogP contribution in [0.3, 0.4) is 0 Å². The van der Waals surface area contributed by atoms with Gasteiger partial charge in [-0.05, 0) is 29.8 Å². The molecule has 3 N–H and O–H groups in total. The maximum Gasteiger partial charge on any atom is 0.136 e. The summed E-state index contributed by atoms with van der Waals surface area (Å²) in [5.41, 5.74) is 8.84. The molecule has 3 rings (SSSR count). The zero-order chi connectivity index (χ0) is 15.5. The van der Waals surface area contributed by atoms with Crippen molar-refractivity contribution in [2.45, 2.75) is 6.54 Å². The van der Waals surface area contributed by atoms with E-state index in [9.17, 15) is 0 Å². The van der Waals surface area contributed by atoms with Crippen LogP contribution in [0.15, 0.2) is 47.2 Å². The van der Waals surface area contributed by atoms with Gasteiger partial charge in [-0.3, -0.25) is 0 Å². The lowest BCUT2D eigenvalue weighted by molar-refractivity contribution is 0.414. The molecule has 1 heterocycles. The predicted molar refractivity (Wildman–Crippen MR) is 92.0 cm³/mol. The molecule has 3 aromatic rings. The average molecular weight is 359 g/mol. The van der Waals surface area contributed by atoms with Crippen LogP contribution in [0, 0.1) is 0 Å². The second-order valence-corrected chi connectivity index (χ2v) is 5.72. The van der Waals surface area contributed by atoms with Crippen molar-refractivity contribution in [2.75, 3.05) is 18.2 Å². The van der Waals surface area contributed by atoms with Crippen LogP contribution in [0.5, 0.6) is 5.75 Å². The van der Waals surface area contributed by atoms with Crippen molar-refractivity contribution in [1.82, 2.24) is 9.97 Å². The molecule has 0 bridgehead atoms. The molecule has 1 aromatic heterocycles. The topological polar surface area (TPSA) is 73.1 Å². The SMILES string of the molecule is COc1ccc(CNc2cc(Br)cc3ncnc(N)c23)cc1. The van der Waals surface area contributed by atoms with Gasteiger partial charge < -0.3 is 15.8 Å². The van der Waals surface area contributed by atoms with Gasteiger partial charge in [0.15, 0.2) is 0 Å². The average Bonchev–Trinajstić information content (AvgIpc) is 2.53. The van der Waals surface area contributed by atoms with Crippen molar-refractivity contribution in [3.05, 3.63) is 52.8 Å². The number of nitrogens with one attached hydrogen (secondary N) is 1. The highest BCUT2D eigenvalue weighted by atomic mass is 79.9. The Morgan fingerprint density at radius 3 is 2.68 bits per heavy atom. The minimum Gasteiger partial charge on any atom is -0.497 e. The third-order valence-corrected chi connectivity index (χ3v) is 3.83. The number of nitrogen functional groups attached to an aromatic ring is 1. The predicted octanol–water partition coefficient (Wildman–Crippen LogP) is 3.60. The smallest absolute Gasteiger partial charge is 0.136 e. The molecule has 0 saturated heterocycles. The lowest BCUT2D eigenvalue weighted by Gasteiger charge is -2.12. The Kier molecular flexibility index (Phi) is 4.11. The van der Waals surface area contributed by atoms with Crippen molar-refractivity contribution < 1.29 is 4.74 Å². The van der Waals surface area contributed by atoms with E-state index in [1.807, 2.05) is 36.4 Å². The number of rotatable bonds is 4. The van der Waals surface area contributed by atoms with Crippen LogP contribution in [0.2, 0.25) is 0 Å². The monoisotopic (exact) mass is 358 g/mol. The number of methoxy groups -OCH3 is 1. The fourth-order valence-corrected chi connectivity index (χ4v) is 2.71. The second-order valence-electron chi connectivity index (χ2n) is 4.81. The lowest BCUT2D eigenvalue weighted by Crippen LogP contribution is -2.03. The second kappa shape index (κ2) is 6.19. The van der Waals surface area contributed by atoms with Crippen LogP contribution in [0.1, 0.15) is 5.56 Å². The van der Waals surface area contributed by atoms with Crippen LogP contribution in [0.4, 0.5) is 11.5 Å². The van der Waals surface area contributed by atoms with E-state index in [1.54, 1.807) is 7.11 Å². The molecule has 0 aliphatic carbocycles. The third-order valence-electron chi connectivity index (χ3n) is 3.37. The molecular weight excluding hydrogens is 344 g/mol. The van der Waals surface area contributed by atoms with Gasteiger partial charge in [0.2, 0.25) is 0 Å². The summed E-state index contributed by atoms with van der Waals surface area (Å²) in [5, 5.41) is 4.22. The summed E-state index contributed by atoms with van der Waals surface area (Å²) in [4.78, 5) is 8.33. The first-order chi connectivity index (χ1) is 10.7. The van der Waals surface area contributed by atoms with E-state index >= 15 is 0 Å². The van der Waals surface area contributed by atoms with Crippen molar-refractivity contribution in [3.63, 3.8) is 0 Å². The number of nitrogens with two attached hydrogens (primary N) is 1. The summed E-state index contributed by atoms with van der Waals surface area (Å²) in [5.74, 6) is 1.31. The normalized spacial score (nSPS) is 10.6. The van der Waals surface area contributed by atoms with Crippen LogP contribution in [-0.4, -0.2) is 17.1 Å². The summed E-state index contributed by atoms with van der Waals surface area (Å²) in [6.07, 6.45) is 1.47. The zero-order valence-electron chi connectivity index (χ0n) is 12.0. The Bertz CT molecular complexity index is 805. The molecule has 0 fully saturated rings. The van der Waals surface area contributed by atoms with E-state index in [-0.39, 0.29) is 0 Å². The summed E-state index contributed by atoms with van der Waals surface area (Å²) in [7, 11) is 1.66. The molecule has 0 radical (unpaired) electrons. The van der Waals surface area contributed by atoms with Crippen molar-refractivity contribution in [2.24, 2.45) is 0 Å². The number of aromatic nitrogens is 2. The van der Waals surface area contributed by atoms with E-state index in [1.165, 1.54) is 6.33 Å². The molecule has 6 heteroatoms. The lowest BCUT2D eigenvalue weighted by atomic mass is 10.1. The number of hydrogen-bond acceptors (Lipinski definition) is 5. The first-order valence-electron chi connectivity index (χ1n) is 6.74. The molecule has 0 aliphatic heterocycles. The minimum absolute atomic E-state index is 0.467. The molecule has 0 atom stereocenters. The number of hydrogen-bond donors (Lipinski definition) is 2. The number of anilines is 2. The number of nitrogens with zero attached hydrogens (tertiary/aromatic N) is 2. The van der Waals surface area contributed by atoms with E-state index in [0.29, 0.717) is 12.4 Å². The van der Waals surface area contributed by atoms with Crippen molar-refractivity contribution in [1.29, 1.82) is 0 Å². The Hall–Kier alpha value is -2.34. The maximum atomic E-state index is 5.99. The number of fused-ring (bicyclic) bond motifs is 1. The van der Waals surface area contributed by atoms with Gasteiger partial charge in [0.1, 0.15) is 17.9 Å². The third kappa shape index (κ3) is 2.96.